The maximum absolute atomic E-state index is 13.9. The van der Waals surface area contributed by atoms with Crippen LogP contribution in [0, 0.1) is 12.7 Å². The van der Waals surface area contributed by atoms with E-state index in [1.54, 1.807) is 13.0 Å². The molecule has 0 saturated carbocycles. The van der Waals surface area contributed by atoms with Gasteiger partial charge in [-0.15, -0.1) is 0 Å². The number of aliphatic hydroxyl groups excluding tert-OH is 1. The molecule has 1 N–H and O–H groups in total. The van der Waals surface area contributed by atoms with Crippen LogP contribution in [-0.2, 0) is 9.53 Å². The van der Waals surface area contributed by atoms with Crippen LogP contribution in [0.2, 0.25) is 0 Å². The Labute approximate surface area is 188 Å². The highest BCUT2D eigenvalue weighted by atomic mass is 19.1. The highest BCUT2D eigenvalue weighted by molar-refractivity contribution is 5.75. The first kappa shape index (κ1) is 22.5. The SMILES string of the molecule is Cc1ccc(C2CCN(CC(O)COc3ccccc3C=C3CCC(=O)O3)CC2)cc1F. The van der Waals surface area contributed by atoms with E-state index in [2.05, 4.69) is 4.90 Å². The second-order valence-electron chi connectivity index (χ2n) is 8.67. The minimum atomic E-state index is -0.617. The van der Waals surface area contributed by atoms with Gasteiger partial charge in [0, 0.05) is 18.5 Å². The number of aryl methyl sites for hydroxylation is 1. The van der Waals surface area contributed by atoms with Gasteiger partial charge in [-0.05, 0) is 68.1 Å². The summed E-state index contributed by atoms with van der Waals surface area (Å²) in [6, 6.07) is 13.1. The molecule has 2 heterocycles. The Hall–Kier alpha value is -2.70. The molecule has 0 aromatic heterocycles. The number of halogens is 1. The van der Waals surface area contributed by atoms with Crippen molar-refractivity contribution in [2.75, 3.05) is 26.2 Å². The van der Waals surface area contributed by atoms with Gasteiger partial charge in [-0.3, -0.25) is 4.79 Å². The lowest BCUT2D eigenvalue weighted by molar-refractivity contribution is -0.135. The summed E-state index contributed by atoms with van der Waals surface area (Å²) in [5.41, 5.74) is 2.57. The Morgan fingerprint density at radius 1 is 1.22 bits per heavy atom. The molecule has 2 fully saturated rings. The number of hydrogen-bond donors (Lipinski definition) is 1. The Balaban J connectivity index is 1.26. The fourth-order valence-corrected chi connectivity index (χ4v) is 4.33. The molecule has 2 aromatic carbocycles. The number of carbonyl (C=O) groups is 1. The largest absolute Gasteiger partial charge is 0.490 e. The van der Waals surface area contributed by atoms with Crippen LogP contribution in [0.5, 0.6) is 5.75 Å². The van der Waals surface area contributed by atoms with E-state index in [9.17, 15) is 14.3 Å². The molecule has 0 radical (unpaired) electrons. The van der Waals surface area contributed by atoms with Crippen molar-refractivity contribution in [2.24, 2.45) is 0 Å². The third-order valence-corrected chi connectivity index (χ3v) is 6.21. The summed E-state index contributed by atoms with van der Waals surface area (Å²) in [6.07, 6.45) is 4.11. The monoisotopic (exact) mass is 439 g/mol. The van der Waals surface area contributed by atoms with Crippen LogP contribution in [0.4, 0.5) is 4.39 Å². The smallest absolute Gasteiger partial charge is 0.311 e. The number of nitrogens with zero attached hydrogens (tertiary/aromatic N) is 1. The molecule has 1 atom stereocenters. The van der Waals surface area contributed by atoms with Crippen LogP contribution in [0.1, 0.15) is 48.3 Å². The summed E-state index contributed by atoms with van der Waals surface area (Å²) in [5, 5.41) is 10.5. The standard InChI is InChI=1S/C26H30FNO4/c1-18-6-7-20(15-24(18)27)19-10-12-28(13-11-19)16-22(29)17-31-25-5-3-2-4-21(25)14-23-8-9-26(30)32-23/h2-7,14-15,19,22,29H,8-13,16-17H2,1H3. The minimum absolute atomic E-state index is 0.139. The molecule has 2 aliphatic rings. The second kappa shape index (κ2) is 10.3. The second-order valence-corrected chi connectivity index (χ2v) is 8.67. The zero-order chi connectivity index (χ0) is 22.5. The first-order valence-electron chi connectivity index (χ1n) is 11.3. The van der Waals surface area contributed by atoms with Gasteiger partial charge in [-0.1, -0.05) is 30.3 Å². The van der Waals surface area contributed by atoms with Gasteiger partial charge in [0.2, 0.25) is 0 Å². The Bertz CT molecular complexity index is 982. The van der Waals surface area contributed by atoms with E-state index in [0.29, 0.717) is 42.4 Å². The van der Waals surface area contributed by atoms with Crippen LogP contribution >= 0.6 is 0 Å². The van der Waals surface area contributed by atoms with Crippen LogP contribution in [-0.4, -0.2) is 48.3 Å². The number of aliphatic hydroxyl groups is 1. The van der Waals surface area contributed by atoms with Crippen molar-refractivity contribution in [3.63, 3.8) is 0 Å². The van der Waals surface area contributed by atoms with Crippen molar-refractivity contribution in [1.82, 2.24) is 4.90 Å². The maximum atomic E-state index is 13.9. The summed E-state index contributed by atoms with van der Waals surface area (Å²) in [4.78, 5) is 13.6. The molecular weight excluding hydrogens is 409 g/mol. The number of hydrogen-bond acceptors (Lipinski definition) is 5. The lowest BCUT2D eigenvalue weighted by Gasteiger charge is -2.33. The van der Waals surface area contributed by atoms with Gasteiger partial charge in [-0.25, -0.2) is 4.39 Å². The lowest BCUT2D eigenvalue weighted by atomic mass is 9.89. The van der Waals surface area contributed by atoms with E-state index in [1.807, 2.05) is 42.5 Å². The van der Waals surface area contributed by atoms with Gasteiger partial charge in [-0.2, -0.15) is 0 Å². The third-order valence-electron chi connectivity index (χ3n) is 6.21. The van der Waals surface area contributed by atoms with Crippen molar-refractivity contribution >= 4 is 12.0 Å². The molecule has 0 aliphatic carbocycles. The van der Waals surface area contributed by atoms with Gasteiger partial charge >= 0.3 is 5.97 Å². The van der Waals surface area contributed by atoms with Crippen molar-refractivity contribution in [3.05, 3.63) is 70.7 Å². The van der Waals surface area contributed by atoms with Crippen molar-refractivity contribution < 1.29 is 23.8 Å². The maximum Gasteiger partial charge on any atom is 0.311 e. The first-order valence-corrected chi connectivity index (χ1v) is 11.3. The zero-order valence-corrected chi connectivity index (χ0v) is 18.4. The highest BCUT2D eigenvalue weighted by Crippen LogP contribution is 2.29. The number of rotatable bonds is 7. The topological polar surface area (TPSA) is 59.0 Å². The quantitative estimate of drug-likeness (QED) is 0.647. The van der Waals surface area contributed by atoms with Crippen LogP contribution in [0.3, 0.4) is 0 Å². The number of para-hydroxylation sites is 1. The van der Waals surface area contributed by atoms with Crippen LogP contribution in [0.25, 0.3) is 6.08 Å². The molecular formula is C26H30FNO4. The Morgan fingerprint density at radius 3 is 2.72 bits per heavy atom. The van der Waals surface area contributed by atoms with Gasteiger partial charge in [0.1, 0.15) is 30.0 Å². The summed E-state index contributed by atoms with van der Waals surface area (Å²) >= 11 is 0. The molecule has 2 aliphatic heterocycles. The van der Waals surface area contributed by atoms with Crippen LogP contribution < -0.4 is 4.74 Å². The molecule has 32 heavy (non-hydrogen) atoms. The van der Waals surface area contributed by atoms with Crippen LogP contribution in [0.15, 0.2) is 48.2 Å². The molecule has 2 aromatic rings. The van der Waals surface area contributed by atoms with E-state index >= 15 is 0 Å². The van der Waals surface area contributed by atoms with E-state index in [-0.39, 0.29) is 18.4 Å². The predicted molar refractivity (Wildman–Crippen MR) is 121 cm³/mol. The summed E-state index contributed by atoms with van der Waals surface area (Å²) < 4.78 is 25.0. The Morgan fingerprint density at radius 2 is 2.00 bits per heavy atom. The normalized spacial score (nSPS) is 19.8. The summed E-state index contributed by atoms with van der Waals surface area (Å²) in [6.45, 7) is 4.24. The molecule has 0 spiro atoms. The van der Waals surface area contributed by atoms with Crippen molar-refractivity contribution in [1.29, 1.82) is 0 Å². The number of β-amino-alcohol motifs (C(OH)–C–C–N with tert-alkyl or cyclic N) is 1. The van der Waals surface area contributed by atoms with Gasteiger partial charge in [0.15, 0.2) is 0 Å². The number of esters is 1. The summed E-state index contributed by atoms with van der Waals surface area (Å²) in [5.74, 6) is 1.31. The zero-order valence-electron chi connectivity index (χ0n) is 18.4. The highest BCUT2D eigenvalue weighted by Gasteiger charge is 2.23. The first-order chi connectivity index (χ1) is 15.5. The molecule has 6 heteroatoms. The molecule has 1 unspecified atom stereocenters. The van der Waals surface area contributed by atoms with Gasteiger partial charge in [0.25, 0.3) is 0 Å². The number of allylic oxidation sites excluding steroid dienone is 1. The Kier molecular flexibility index (Phi) is 7.22. The van der Waals surface area contributed by atoms with Gasteiger partial charge in [0.05, 0.1) is 6.42 Å². The molecule has 5 nitrogen and oxygen atoms in total. The van der Waals surface area contributed by atoms with E-state index in [1.165, 1.54) is 0 Å². The van der Waals surface area contributed by atoms with Crippen molar-refractivity contribution in [3.8, 4) is 5.75 Å². The minimum Gasteiger partial charge on any atom is -0.490 e. The number of ether oxygens (including phenoxy) is 2. The van der Waals surface area contributed by atoms with Crippen molar-refractivity contribution in [2.45, 2.75) is 44.6 Å². The van der Waals surface area contributed by atoms with E-state index < -0.39 is 6.10 Å². The van der Waals surface area contributed by atoms with E-state index in [0.717, 1.165) is 37.1 Å². The fraction of sp³-hybridized carbons (Fsp3) is 0.423. The molecule has 0 amide bonds. The summed E-state index contributed by atoms with van der Waals surface area (Å²) in [7, 11) is 0. The van der Waals surface area contributed by atoms with Gasteiger partial charge < -0.3 is 19.5 Å². The van der Waals surface area contributed by atoms with E-state index in [4.69, 9.17) is 9.47 Å². The molecule has 0 bridgehead atoms. The fourth-order valence-electron chi connectivity index (χ4n) is 4.33. The number of cyclic esters (lactones) is 1. The number of piperidine rings is 1. The third kappa shape index (κ3) is 5.75. The lowest BCUT2D eigenvalue weighted by Crippen LogP contribution is -2.40. The average Bonchev–Trinajstić information content (AvgIpc) is 3.20. The average molecular weight is 440 g/mol. The molecule has 170 valence electrons. The molecule has 2 saturated heterocycles. The predicted octanol–water partition coefficient (Wildman–Crippen LogP) is 4.43. The molecule has 4 rings (SSSR count). The number of benzene rings is 2. The number of carbonyl (C=O) groups excluding carboxylic acids is 1. The number of likely N-dealkylation sites (tertiary alicyclic amines) is 1.